The molecule has 1 saturated carbocycles. The number of carbonyl (C=O) groups is 1. The zero-order chi connectivity index (χ0) is 17.9. The fraction of sp³-hybridized carbons (Fsp3) is 0.562. The lowest BCUT2D eigenvalue weighted by molar-refractivity contribution is -0.122. The molecule has 0 heterocycles. The van der Waals surface area contributed by atoms with Gasteiger partial charge in [-0.15, -0.1) is 0 Å². The first-order valence-corrected chi connectivity index (χ1v) is 10.6. The normalized spacial score (nSPS) is 17.3. The highest BCUT2D eigenvalue weighted by atomic mass is 35.5. The van der Waals surface area contributed by atoms with Crippen LogP contribution in [-0.4, -0.2) is 32.7 Å². The smallest absolute Gasteiger partial charge is 0.243 e. The van der Waals surface area contributed by atoms with Crippen LogP contribution in [0.15, 0.2) is 18.2 Å². The maximum Gasteiger partial charge on any atom is 0.243 e. The molecule has 0 saturated heterocycles. The molecule has 24 heavy (non-hydrogen) atoms. The second kappa shape index (κ2) is 7.93. The molecule has 0 spiro atoms. The summed E-state index contributed by atoms with van der Waals surface area (Å²) in [5.41, 5.74) is 0.206. The van der Waals surface area contributed by atoms with Gasteiger partial charge < -0.3 is 5.32 Å². The number of hydrogen-bond donors (Lipinski definition) is 1. The van der Waals surface area contributed by atoms with Crippen molar-refractivity contribution in [2.75, 3.05) is 10.6 Å². The van der Waals surface area contributed by atoms with Crippen LogP contribution in [0.4, 0.5) is 5.69 Å². The maximum atomic E-state index is 12.6. The van der Waals surface area contributed by atoms with E-state index in [0.29, 0.717) is 5.02 Å². The highest BCUT2D eigenvalue weighted by Crippen LogP contribution is 2.32. The number of rotatable bonds is 5. The van der Waals surface area contributed by atoms with Crippen molar-refractivity contribution in [3.63, 3.8) is 0 Å². The second-order valence-corrected chi connectivity index (χ2v) is 8.88. The second-order valence-electron chi connectivity index (χ2n) is 6.17. The summed E-state index contributed by atoms with van der Waals surface area (Å²) < 4.78 is 25.6. The fourth-order valence-corrected chi connectivity index (χ4v) is 4.61. The first-order chi connectivity index (χ1) is 11.2. The van der Waals surface area contributed by atoms with E-state index in [2.05, 4.69) is 5.32 Å². The van der Waals surface area contributed by atoms with E-state index in [4.69, 9.17) is 23.2 Å². The Kier molecular flexibility index (Phi) is 6.39. The number of anilines is 1. The fourth-order valence-electron chi connectivity index (χ4n) is 3.00. The minimum Gasteiger partial charge on any atom is -0.352 e. The molecule has 1 atom stereocenters. The molecule has 1 N–H and O–H groups in total. The van der Waals surface area contributed by atoms with Crippen LogP contribution in [0.2, 0.25) is 10.0 Å². The van der Waals surface area contributed by atoms with E-state index in [-0.39, 0.29) is 22.7 Å². The van der Waals surface area contributed by atoms with Crippen LogP contribution >= 0.6 is 23.2 Å². The lowest BCUT2D eigenvalue weighted by Gasteiger charge is -2.31. The van der Waals surface area contributed by atoms with E-state index in [1.165, 1.54) is 18.6 Å². The number of halogens is 2. The summed E-state index contributed by atoms with van der Waals surface area (Å²) in [6.07, 6.45) is 6.24. The van der Waals surface area contributed by atoms with Crippen molar-refractivity contribution in [1.82, 2.24) is 5.32 Å². The first kappa shape index (κ1) is 19.3. The van der Waals surface area contributed by atoms with Gasteiger partial charge in [-0.3, -0.25) is 9.10 Å². The van der Waals surface area contributed by atoms with Gasteiger partial charge in [-0.1, -0.05) is 42.5 Å². The molecule has 5 nitrogen and oxygen atoms in total. The van der Waals surface area contributed by atoms with E-state index >= 15 is 0 Å². The van der Waals surface area contributed by atoms with Crippen LogP contribution in [0.1, 0.15) is 39.0 Å². The number of nitrogens with one attached hydrogen (secondary N) is 1. The average molecular weight is 393 g/mol. The molecular weight excluding hydrogens is 371 g/mol. The van der Waals surface area contributed by atoms with E-state index in [1.54, 1.807) is 13.0 Å². The number of hydrogen-bond acceptors (Lipinski definition) is 3. The Hall–Kier alpha value is -0.980. The van der Waals surface area contributed by atoms with Gasteiger partial charge in [0.1, 0.15) is 6.04 Å². The third-order valence-electron chi connectivity index (χ3n) is 4.19. The van der Waals surface area contributed by atoms with Gasteiger partial charge in [0, 0.05) is 11.1 Å². The molecule has 1 aromatic carbocycles. The molecule has 0 aliphatic heterocycles. The van der Waals surface area contributed by atoms with E-state index in [0.717, 1.165) is 36.2 Å². The van der Waals surface area contributed by atoms with Crippen LogP contribution in [0.3, 0.4) is 0 Å². The van der Waals surface area contributed by atoms with Gasteiger partial charge >= 0.3 is 0 Å². The van der Waals surface area contributed by atoms with Crippen molar-refractivity contribution < 1.29 is 13.2 Å². The highest BCUT2D eigenvalue weighted by Gasteiger charge is 2.31. The summed E-state index contributed by atoms with van der Waals surface area (Å²) in [6.45, 7) is 1.55. The van der Waals surface area contributed by atoms with Gasteiger partial charge in [-0.25, -0.2) is 8.42 Å². The standard InChI is InChI=1S/C16H22Cl2N2O3S/c1-11(16(21)19-13-6-4-3-5-7-13)20(24(2,22)23)15-10-12(17)8-9-14(15)18/h8-11,13H,3-7H2,1-2H3,(H,19,21)/t11-/m0/s1. The molecule has 0 bridgehead atoms. The van der Waals surface area contributed by atoms with Crippen LogP contribution < -0.4 is 9.62 Å². The number of carbonyl (C=O) groups excluding carboxylic acids is 1. The van der Waals surface area contributed by atoms with Crippen molar-refractivity contribution in [3.8, 4) is 0 Å². The minimum absolute atomic E-state index is 0.102. The molecule has 1 aromatic rings. The predicted octanol–water partition coefficient (Wildman–Crippen LogP) is 3.60. The number of sulfonamides is 1. The Balaban J connectivity index is 2.27. The lowest BCUT2D eigenvalue weighted by atomic mass is 9.95. The third-order valence-corrected chi connectivity index (χ3v) is 5.97. The van der Waals surface area contributed by atoms with E-state index in [9.17, 15) is 13.2 Å². The molecule has 1 amide bonds. The van der Waals surface area contributed by atoms with Crippen LogP contribution in [0, 0.1) is 0 Å². The summed E-state index contributed by atoms with van der Waals surface area (Å²) >= 11 is 12.1. The van der Waals surface area contributed by atoms with Crippen molar-refractivity contribution in [2.24, 2.45) is 0 Å². The minimum atomic E-state index is -3.71. The van der Waals surface area contributed by atoms with Gasteiger partial charge in [0.25, 0.3) is 0 Å². The Morgan fingerprint density at radius 1 is 1.25 bits per heavy atom. The van der Waals surface area contributed by atoms with Crippen LogP contribution in [-0.2, 0) is 14.8 Å². The largest absolute Gasteiger partial charge is 0.352 e. The molecule has 1 fully saturated rings. The number of nitrogens with zero attached hydrogens (tertiary/aromatic N) is 1. The molecule has 134 valence electrons. The lowest BCUT2D eigenvalue weighted by Crippen LogP contribution is -2.50. The summed E-state index contributed by atoms with van der Waals surface area (Å²) in [5, 5.41) is 3.53. The quantitative estimate of drug-likeness (QED) is 0.831. The first-order valence-electron chi connectivity index (χ1n) is 7.95. The maximum absolute atomic E-state index is 12.6. The van der Waals surface area contributed by atoms with Gasteiger partial charge in [-0.05, 0) is 38.0 Å². The zero-order valence-electron chi connectivity index (χ0n) is 13.8. The van der Waals surface area contributed by atoms with E-state index < -0.39 is 16.1 Å². The molecular formula is C16H22Cl2N2O3S. The Bertz CT molecular complexity index is 703. The highest BCUT2D eigenvalue weighted by molar-refractivity contribution is 7.92. The van der Waals surface area contributed by atoms with Gasteiger partial charge in [0.15, 0.2) is 0 Å². The predicted molar refractivity (Wildman–Crippen MR) is 98.3 cm³/mol. The Labute approximate surface area is 153 Å². The SMILES string of the molecule is C[C@@H](C(=O)NC1CCCCC1)N(c1cc(Cl)ccc1Cl)S(C)(=O)=O. The summed E-state index contributed by atoms with van der Waals surface area (Å²) in [4.78, 5) is 12.6. The van der Waals surface area contributed by atoms with Crippen molar-refractivity contribution in [3.05, 3.63) is 28.2 Å². The molecule has 0 unspecified atom stereocenters. The van der Waals surface area contributed by atoms with Crippen LogP contribution in [0.25, 0.3) is 0 Å². The monoisotopic (exact) mass is 392 g/mol. The third kappa shape index (κ3) is 4.77. The van der Waals surface area contributed by atoms with Crippen LogP contribution in [0.5, 0.6) is 0 Å². The van der Waals surface area contributed by atoms with Gasteiger partial charge in [0.05, 0.1) is 17.0 Å². The molecule has 1 aliphatic rings. The van der Waals surface area contributed by atoms with Gasteiger partial charge in [0.2, 0.25) is 15.9 Å². The van der Waals surface area contributed by atoms with Gasteiger partial charge in [-0.2, -0.15) is 0 Å². The number of amides is 1. The Morgan fingerprint density at radius 2 is 1.88 bits per heavy atom. The van der Waals surface area contributed by atoms with Crippen molar-refractivity contribution in [1.29, 1.82) is 0 Å². The van der Waals surface area contributed by atoms with E-state index in [1.807, 2.05) is 0 Å². The summed E-state index contributed by atoms with van der Waals surface area (Å²) in [5.74, 6) is -0.330. The van der Waals surface area contributed by atoms with Crippen molar-refractivity contribution in [2.45, 2.75) is 51.1 Å². The molecule has 8 heteroatoms. The summed E-state index contributed by atoms with van der Waals surface area (Å²) in [6, 6.07) is 3.72. The summed E-state index contributed by atoms with van der Waals surface area (Å²) in [7, 11) is -3.71. The molecule has 2 rings (SSSR count). The Morgan fingerprint density at radius 3 is 2.46 bits per heavy atom. The molecule has 0 radical (unpaired) electrons. The zero-order valence-corrected chi connectivity index (χ0v) is 16.1. The molecule has 0 aromatic heterocycles. The average Bonchev–Trinajstić information content (AvgIpc) is 2.50. The molecule has 1 aliphatic carbocycles. The number of benzene rings is 1. The van der Waals surface area contributed by atoms with Crippen molar-refractivity contribution >= 4 is 44.8 Å². The topological polar surface area (TPSA) is 66.5 Å².